The summed E-state index contributed by atoms with van der Waals surface area (Å²) in [6.45, 7) is 1.49. The van der Waals surface area contributed by atoms with Crippen molar-refractivity contribution >= 4 is 55.9 Å². The smallest absolute Gasteiger partial charge is 0.152 e. The van der Waals surface area contributed by atoms with Crippen molar-refractivity contribution in [1.82, 2.24) is 0 Å². The molecule has 1 aromatic rings. The summed E-state index contributed by atoms with van der Waals surface area (Å²) in [6.07, 6.45) is 0. The number of carbonyl (C=O) groups excluding carboxylic acids is 1. The molecule has 1 aromatic carbocycles. The molecule has 0 radical (unpaired) electrons. The maximum atomic E-state index is 11.1. The average molecular weight is 373 g/mol. The molecule has 0 aliphatic heterocycles. The predicted octanol–water partition coefficient (Wildman–Crippen LogP) is 3.92. The first-order valence-electron chi connectivity index (χ1n) is 3.62. The summed E-state index contributed by atoms with van der Waals surface area (Å²) in [5.41, 5.74) is 0.834. The van der Waals surface area contributed by atoms with E-state index in [0.717, 1.165) is 13.6 Å². The maximum Gasteiger partial charge on any atom is 0.152 e. The number of carbonyl (C=O) groups is 1. The first-order chi connectivity index (χ1) is 6.04. The number of ketones is 1. The molecule has 0 aliphatic rings. The Morgan fingerprint density at radius 3 is 2.77 bits per heavy atom. The highest BCUT2D eigenvalue weighted by Gasteiger charge is 2.16. The number of benzene rings is 1. The van der Waals surface area contributed by atoms with E-state index in [0.29, 0.717) is 0 Å². The third-order valence-corrected chi connectivity index (χ3v) is 4.68. The molecule has 0 N–H and O–H groups in total. The van der Waals surface area contributed by atoms with Gasteiger partial charge in [-0.15, -0.1) is 11.6 Å². The fourth-order valence-electron chi connectivity index (χ4n) is 0.935. The molecule has 1 atom stereocenters. The lowest BCUT2D eigenvalue weighted by Crippen LogP contribution is -2.02. The van der Waals surface area contributed by atoms with Gasteiger partial charge in [0.15, 0.2) is 5.78 Å². The molecular formula is C9H7BrClIO. The molecule has 70 valence electrons. The SMILES string of the molecule is CC(=O)C(Cl)c1cccc(I)c1Br. The molecule has 0 heterocycles. The predicted molar refractivity (Wildman–Crippen MR) is 66.1 cm³/mol. The van der Waals surface area contributed by atoms with Crippen molar-refractivity contribution in [3.8, 4) is 0 Å². The number of Topliss-reactive ketones (excluding diaryl/α,β-unsaturated/α-hetero) is 1. The number of halogens is 3. The molecule has 0 bridgehead atoms. The first-order valence-corrected chi connectivity index (χ1v) is 5.93. The Bertz CT molecular complexity index is 340. The molecule has 1 unspecified atom stereocenters. The van der Waals surface area contributed by atoms with E-state index in [-0.39, 0.29) is 5.78 Å². The van der Waals surface area contributed by atoms with Crippen molar-refractivity contribution < 1.29 is 4.79 Å². The summed E-state index contributed by atoms with van der Waals surface area (Å²) < 4.78 is 1.97. The average Bonchev–Trinajstić information content (AvgIpc) is 2.08. The molecule has 0 aliphatic carbocycles. The second-order valence-corrected chi connectivity index (χ2v) is 5.01. The lowest BCUT2D eigenvalue weighted by molar-refractivity contribution is -0.116. The van der Waals surface area contributed by atoms with Crippen LogP contribution < -0.4 is 0 Å². The zero-order valence-electron chi connectivity index (χ0n) is 6.85. The summed E-state index contributed by atoms with van der Waals surface area (Å²) in [5.74, 6) is -0.0376. The van der Waals surface area contributed by atoms with E-state index < -0.39 is 5.38 Å². The lowest BCUT2D eigenvalue weighted by atomic mass is 10.1. The summed E-state index contributed by atoms with van der Waals surface area (Å²) in [7, 11) is 0. The second-order valence-electron chi connectivity index (χ2n) is 2.62. The lowest BCUT2D eigenvalue weighted by Gasteiger charge is -2.09. The highest BCUT2D eigenvalue weighted by Crippen LogP contribution is 2.31. The highest BCUT2D eigenvalue weighted by atomic mass is 127. The van der Waals surface area contributed by atoms with Gasteiger partial charge < -0.3 is 0 Å². The number of hydrogen-bond acceptors (Lipinski definition) is 1. The third-order valence-electron chi connectivity index (χ3n) is 1.61. The zero-order chi connectivity index (χ0) is 10.0. The van der Waals surface area contributed by atoms with Gasteiger partial charge in [-0.3, -0.25) is 4.79 Å². The Morgan fingerprint density at radius 1 is 1.62 bits per heavy atom. The molecule has 0 amide bonds. The first kappa shape index (κ1) is 11.5. The van der Waals surface area contributed by atoms with Crippen LogP contribution in [0.2, 0.25) is 0 Å². The number of alkyl halides is 1. The van der Waals surface area contributed by atoms with Gasteiger partial charge in [-0.2, -0.15) is 0 Å². The van der Waals surface area contributed by atoms with E-state index in [9.17, 15) is 4.79 Å². The Kier molecular flexibility index (Phi) is 4.19. The summed E-state index contributed by atoms with van der Waals surface area (Å²) in [4.78, 5) is 11.1. The summed E-state index contributed by atoms with van der Waals surface area (Å²) in [5, 5.41) is -0.552. The normalized spacial score (nSPS) is 12.6. The van der Waals surface area contributed by atoms with Crippen LogP contribution in [0.1, 0.15) is 17.9 Å². The molecule has 0 aromatic heterocycles. The number of hydrogen-bond donors (Lipinski definition) is 0. The molecule has 0 saturated heterocycles. The van der Waals surface area contributed by atoms with Gasteiger partial charge in [0.05, 0.1) is 0 Å². The molecular weight excluding hydrogens is 366 g/mol. The van der Waals surface area contributed by atoms with Crippen LogP contribution in [0.4, 0.5) is 0 Å². The van der Waals surface area contributed by atoms with E-state index in [1.165, 1.54) is 6.92 Å². The Labute approximate surface area is 104 Å². The van der Waals surface area contributed by atoms with Crippen molar-refractivity contribution in [2.75, 3.05) is 0 Å². The summed E-state index contributed by atoms with van der Waals surface area (Å²) >= 11 is 11.5. The van der Waals surface area contributed by atoms with Gasteiger partial charge in [0, 0.05) is 8.04 Å². The zero-order valence-corrected chi connectivity index (χ0v) is 11.4. The Hall–Kier alpha value is 0.390. The molecule has 0 spiro atoms. The van der Waals surface area contributed by atoms with E-state index in [1.54, 1.807) is 0 Å². The van der Waals surface area contributed by atoms with Gasteiger partial charge in [-0.1, -0.05) is 12.1 Å². The molecule has 13 heavy (non-hydrogen) atoms. The second kappa shape index (κ2) is 4.75. The Balaban J connectivity index is 3.15. The van der Waals surface area contributed by atoms with Crippen LogP contribution in [-0.2, 0) is 4.79 Å². The van der Waals surface area contributed by atoms with Crippen LogP contribution in [-0.4, -0.2) is 5.78 Å². The molecule has 1 nitrogen and oxygen atoms in total. The number of rotatable bonds is 2. The van der Waals surface area contributed by atoms with E-state index in [1.807, 2.05) is 18.2 Å². The standard InChI is InChI=1S/C9H7BrClIO/c1-5(13)9(11)6-3-2-4-7(12)8(6)10/h2-4,9H,1H3. The molecule has 0 saturated carbocycles. The minimum absolute atomic E-state index is 0.0376. The van der Waals surface area contributed by atoms with E-state index >= 15 is 0 Å². The fourth-order valence-corrected chi connectivity index (χ4v) is 2.26. The van der Waals surface area contributed by atoms with Crippen LogP contribution in [0.25, 0.3) is 0 Å². The van der Waals surface area contributed by atoms with Gasteiger partial charge in [0.25, 0.3) is 0 Å². The monoisotopic (exact) mass is 372 g/mol. The van der Waals surface area contributed by atoms with Crippen molar-refractivity contribution in [3.63, 3.8) is 0 Å². The van der Waals surface area contributed by atoms with Crippen molar-refractivity contribution in [2.45, 2.75) is 12.3 Å². The largest absolute Gasteiger partial charge is 0.298 e. The molecule has 1 rings (SSSR count). The minimum Gasteiger partial charge on any atom is -0.298 e. The minimum atomic E-state index is -0.552. The van der Waals surface area contributed by atoms with Gasteiger partial charge in [0.1, 0.15) is 5.38 Å². The third kappa shape index (κ3) is 2.67. The molecule has 4 heteroatoms. The Morgan fingerprint density at radius 2 is 2.23 bits per heavy atom. The van der Waals surface area contributed by atoms with Gasteiger partial charge in [-0.05, 0) is 57.1 Å². The van der Waals surface area contributed by atoms with Crippen LogP contribution in [0.15, 0.2) is 22.7 Å². The van der Waals surface area contributed by atoms with Crippen LogP contribution in [0.3, 0.4) is 0 Å². The van der Waals surface area contributed by atoms with Gasteiger partial charge >= 0.3 is 0 Å². The maximum absolute atomic E-state index is 11.1. The van der Waals surface area contributed by atoms with E-state index in [4.69, 9.17) is 11.6 Å². The van der Waals surface area contributed by atoms with Gasteiger partial charge in [-0.25, -0.2) is 0 Å². The highest BCUT2D eigenvalue weighted by molar-refractivity contribution is 14.1. The van der Waals surface area contributed by atoms with Crippen LogP contribution in [0, 0.1) is 3.57 Å². The van der Waals surface area contributed by atoms with Crippen LogP contribution in [0.5, 0.6) is 0 Å². The van der Waals surface area contributed by atoms with Crippen molar-refractivity contribution in [3.05, 3.63) is 31.8 Å². The van der Waals surface area contributed by atoms with Crippen molar-refractivity contribution in [2.24, 2.45) is 0 Å². The molecule has 0 fully saturated rings. The van der Waals surface area contributed by atoms with Crippen molar-refractivity contribution in [1.29, 1.82) is 0 Å². The summed E-state index contributed by atoms with van der Waals surface area (Å²) in [6, 6.07) is 5.70. The topological polar surface area (TPSA) is 17.1 Å². The van der Waals surface area contributed by atoms with Gasteiger partial charge in [0.2, 0.25) is 0 Å². The quantitative estimate of drug-likeness (QED) is 0.567. The fraction of sp³-hybridized carbons (Fsp3) is 0.222. The van der Waals surface area contributed by atoms with E-state index in [2.05, 4.69) is 38.5 Å². The van der Waals surface area contributed by atoms with Crippen LogP contribution >= 0.6 is 50.1 Å².